The number of hydrogen-bond acceptors (Lipinski definition) is 4. The van der Waals surface area contributed by atoms with Gasteiger partial charge in [-0.1, -0.05) is 29.8 Å². The van der Waals surface area contributed by atoms with Crippen LogP contribution in [0.25, 0.3) is 0 Å². The van der Waals surface area contributed by atoms with E-state index in [-0.39, 0.29) is 6.04 Å². The lowest BCUT2D eigenvalue weighted by Crippen LogP contribution is -2.28. The summed E-state index contributed by atoms with van der Waals surface area (Å²) in [5.74, 6) is 6.55. The molecule has 1 unspecified atom stereocenters. The van der Waals surface area contributed by atoms with Gasteiger partial charge in [0.15, 0.2) is 0 Å². The number of nitrogens with one attached hydrogen (secondary N) is 1. The predicted molar refractivity (Wildman–Crippen MR) is 71.2 cm³/mol. The van der Waals surface area contributed by atoms with Crippen LogP contribution >= 0.6 is 11.3 Å². The van der Waals surface area contributed by atoms with E-state index in [1.165, 1.54) is 5.56 Å². The van der Waals surface area contributed by atoms with E-state index < -0.39 is 0 Å². The molecule has 0 saturated heterocycles. The van der Waals surface area contributed by atoms with Crippen molar-refractivity contribution >= 4 is 11.3 Å². The van der Waals surface area contributed by atoms with E-state index in [0.717, 1.165) is 16.2 Å². The monoisotopic (exact) mass is 248 g/mol. The Kier molecular flexibility index (Phi) is 3.78. The van der Waals surface area contributed by atoms with Crippen molar-refractivity contribution in [2.24, 2.45) is 5.84 Å². The number of ether oxygens (including phenoxy) is 1. The first-order valence-electron chi connectivity index (χ1n) is 5.40. The molecule has 0 fully saturated rings. The van der Waals surface area contributed by atoms with E-state index in [9.17, 15) is 0 Å². The number of benzene rings is 1. The molecule has 3 N–H and O–H groups in total. The topological polar surface area (TPSA) is 47.3 Å². The Morgan fingerprint density at radius 2 is 2.18 bits per heavy atom. The van der Waals surface area contributed by atoms with Crippen LogP contribution in [0.2, 0.25) is 0 Å². The summed E-state index contributed by atoms with van der Waals surface area (Å²) in [5.41, 5.74) is 5.22. The molecule has 0 aliphatic rings. The average Bonchev–Trinajstić information content (AvgIpc) is 2.78. The van der Waals surface area contributed by atoms with Crippen molar-refractivity contribution in [2.45, 2.75) is 13.0 Å². The van der Waals surface area contributed by atoms with Crippen LogP contribution in [0, 0.1) is 6.92 Å². The Morgan fingerprint density at radius 1 is 1.35 bits per heavy atom. The first-order valence-corrected chi connectivity index (χ1v) is 6.28. The highest BCUT2D eigenvalue weighted by atomic mass is 32.1. The lowest BCUT2D eigenvalue weighted by Gasteiger charge is -2.16. The molecule has 90 valence electrons. The molecule has 0 radical (unpaired) electrons. The third-order valence-corrected chi connectivity index (χ3v) is 3.64. The molecule has 0 amide bonds. The van der Waals surface area contributed by atoms with Gasteiger partial charge in [-0.05, 0) is 23.9 Å². The molecule has 0 aliphatic heterocycles. The summed E-state index contributed by atoms with van der Waals surface area (Å²) in [6.45, 7) is 2.07. The molecular formula is C13H16N2OS. The fourth-order valence-corrected chi connectivity index (χ4v) is 2.81. The van der Waals surface area contributed by atoms with Gasteiger partial charge in [-0.15, -0.1) is 11.3 Å². The van der Waals surface area contributed by atoms with Gasteiger partial charge in [-0.3, -0.25) is 5.84 Å². The van der Waals surface area contributed by atoms with Gasteiger partial charge in [0, 0.05) is 0 Å². The largest absolute Gasteiger partial charge is 0.496 e. The van der Waals surface area contributed by atoms with Gasteiger partial charge < -0.3 is 4.74 Å². The Balaban J connectivity index is 2.40. The highest BCUT2D eigenvalue weighted by Crippen LogP contribution is 2.34. The zero-order valence-corrected chi connectivity index (χ0v) is 10.8. The van der Waals surface area contributed by atoms with Gasteiger partial charge in [-0.25, -0.2) is 5.43 Å². The minimum atomic E-state index is -0.0233. The molecule has 0 spiro atoms. The summed E-state index contributed by atoms with van der Waals surface area (Å²) in [7, 11) is 1.68. The maximum absolute atomic E-state index is 5.67. The third-order valence-electron chi connectivity index (χ3n) is 2.68. The van der Waals surface area contributed by atoms with E-state index >= 15 is 0 Å². The van der Waals surface area contributed by atoms with Crippen LogP contribution in [0.5, 0.6) is 5.75 Å². The van der Waals surface area contributed by atoms with Gasteiger partial charge >= 0.3 is 0 Å². The normalized spacial score (nSPS) is 12.4. The summed E-state index contributed by atoms with van der Waals surface area (Å²) in [6.07, 6.45) is 0. The van der Waals surface area contributed by atoms with Gasteiger partial charge in [0.05, 0.1) is 18.0 Å². The molecule has 1 heterocycles. The Labute approximate surface area is 105 Å². The second-order valence-electron chi connectivity index (χ2n) is 3.87. The Morgan fingerprint density at radius 3 is 2.82 bits per heavy atom. The highest BCUT2D eigenvalue weighted by molar-refractivity contribution is 7.10. The predicted octanol–water partition coefficient (Wildman–Crippen LogP) is 2.62. The van der Waals surface area contributed by atoms with E-state index in [0.29, 0.717) is 0 Å². The molecule has 0 bridgehead atoms. The first kappa shape index (κ1) is 12.1. The summed E-state index contributed by atoms with van der Waals surface area (Å²) in [4.78, 5) is 1.10. The third kappa shape index (κ3) is 2.49. The molecular weight excluding hydrogens is 232 g/mol. The van der Waals surface area contributed by atoms with E-state index in [4.69, 9.17) is 10.6 Å². The van der Waals surface area contributed by atoms with Crippen LogP contribution in [0.4, 0.5) is 0 Å². The smallest absolute Gasteiger partial charge is 0.134 e. The number of aryl methyl sites for hydroxylation is 1. The maximum atomic E-state index is 5.67. The fourth-order valence-electron chi connectivity index (χ4n) is 1.86. The summed E-state index contributed by atoms with van der Waals surface area (Å²) < 4.78 is 5.33. The quantitative estimate of drug-likeness (QED) is 0.646. The lowest BCUT2D eigenvalue weighted by molar-refractivity contribution is 0.408. The lowest BCUT2D eigenvalue weighted by atomic mass is 10.0. The minimum absolute atomic E-state index is 0.0233. The SMILES string of the molecule is COc1ccsc1C(NN)c1cccc(C)c1. The minimum Gasteiger partial charge on any atom is -0.496 e. The maximum Gasteiger partial charge on any atom is 0.134 e. The standard InChI is InChI=1S/C13H16N2OS/c1-9-4-3-5-10(8-9)12(15-14)13-11(16-2)6-7-17-13/h3-8,12,15H,14H2,1-2H3. The number of methoxy groups -OCH3 is 1. The molecule has 1 aromatic carbocycles. The fraction of sp³-hybridized carbons (Fsp3) is 0.231. The second-order valence-corrected chi connectivity index (χ2v) is 4.81. The molecule has 1 aromatic heterocycles. The average molecular weight is 248 g/mol. The molecule has 3 nitrogen and oxygen atoms in total. The molecule has 0 saturated carbocycles. The summed E-state index contributed by atoms with van der Waals surface area (Å²) in [6, 6.07) is 10.2. The van der Waals surface area contributed by atoms with Crippen LogP contribution in [0.15, 0.2) is 35.7 Å². The van der Waals surface area contributed by atoms with Crippen LogP contribution in [0.1, 0.15) is 22.0 Å². The molecule has 17 heavy (non-hydrogen) atoms. The van der Waals surface area contributed by atoms with E-state index in [2.05, 4.69) is 30.5 Å². The number of hydrogen-bond donors (Lipinski definition) is 2. The van der Waals surface area contributed by atoms with Crippen molar-refractivity contribution in [1.29, 1.82) is 0 Å². The van der Waals surface area contributed by atoms with Gasteiger partial charge in [0.1, 0.15) is 5.75 Å². The second kappa shape index (κ2) is 5.31. The first-order chi connectivity index (χ1) is 8.26. The molecule has 0 aliphatic carbocycles. The van der Waals surface area contributed by atoms with Crippen molar-refractivity contribution in [3.05, 3.63) is 51.7 Å². The number of hydrazine groups is 1. The van der Waals surface area contributed by atoms with E-state index in [1.807, 2.05) is 17.5 Å². The number of nitrogens with two attached hydrogens (primary N) is 1. The number of rotatable bonds is 4. The molecule has 1 atom stereocenters. The van der Waals surface area contributed by atoms with Crippen molar-refractivity contribution < 1.29 is 4.74 Å². The van der Waals surface area contributed by atoms with E-state index in [1.54, 1.807) is 18.4 Å². The molecule has 2 rings (SSSR count). The van der Waals surface area contributed by atoms with Crippen LogP contribution < -0.4 is 16.0 Å². The highest BCUT2D eigenvalue weighted by Gasteiger charge is 2.18. The van der Waals surface area contributed by atoms with Gasteiger partial charge in [0.25, 0.3) is 0 Å². The van der Waals surface area contributed by atoms with Crippen molar-refractivity contribution in [3.8, 4) is 5.75 Å². The zero-order chi connectivity index (χ0) is 12.3. The molecule has 4 heteroatoms. The Hall–Kier alpha value is -1.36. The molecule has 2 aromatic rings. The Bertz CT molecular complexity index is 496. The zero-order valence-electron chi connectivity index (χ0n) is 9.94. The summed E-state index contributed by atoms with van der Waals surface area (Å²) >= 11 is 1.64. The van der Waals surface area contributed by atoms with Crippen molar-refractivity contribution in [3.63, 3.8) is 0 Å². The number of thiophene rings is 1. The van der Waals surface area contributed by atoms with Crippen molar-refractivity contribution in [2.75, 3.05) is 7.11 Å². The van der Waals surface area contributed by atoms with Crippen LogP contribution in [-0.4, -0.2) is 7.11 Å². The van der Waals surface area contributed by atoms with Crippen molar-refractivity contribution in [1.82, 2.24) is 5.43 Å². The van der Waals surface area contributed by atoms with Crippen LogP contribution in [-0.2, 0) is 0 Å². The van der Waals surface area contributed by atoms with Gasteiger partial charge in [-0.2, -0.15) is 0 Å². The summed E-state index contributed by atoms with van der Waals surface area (Å²) in [5, 5.41) is 2.01. The van der Waals surface area contributed by atoms with Gasteiger partial charge in [0.2, 0.25) is 0 Å². The van der Waals surface area contributed by atoms with Crippen LogP contribution in [0.3, 0.4) is 0 Å².